The average Bonchev–Trinajstić information content (AvgIpc) is 3.14. The van der Waals surface area contributed by atoms with Crippen molar-refractivity contribution in [2.45, 2.75) is 13.0 Å². The summed E-state index contributed by atoms with van der Waals surface area (Å²) in [5.41, 5.74) is 0.634. The summed E-state index contributed by atoms with van der Waals surface area (Å²) in [6.07, 6.45) is 0.378. The van der Waals surface area contributed by atoms with Crippen molar-refractivity contribution in [1.82, 2.24) is 10.5 Å². The van der Waals surface area contributed by atoms with Gasteiger partial charge in [0.15, 0.2) is 5.76 Å². The molecule has 7 nitrogen and oxygen atoms in total. The molecule has 1 N–H and O–H groups in total. The number of hydrogen-bond donors (Lipinski definition) is 1. The largest absolute Gasteiger partial charge is 0.442 e. The van der Waals surface area contributed by atoms with Crippen molar-refractivity contribution in [1.29, 1.82) is 0 Å². The minimum absolute atomic E-state index is 0.207. The first kappa shape index (κ1) is 15.0. The Bertz CT molecular complexity index is 732. The summed E-state index contributed by atoms with van der Waals surface area (Å²) < 4.78 is 24.3. The molecular formula is C15H14FN3O4. The van der Waals surface area contributed by atoms with Crippen LogP contribution in [0.5, 0.6) is 0 Å². The number of rotatable bonds is 4. The van der Waals surface area contributed by atoms with Crippen LogP contribution in [0.2, 0.25) is 0 Å². The molecule has 2 amide bonds. The summed E-state index contributed by atoms with van der Waals surface area (Å²) in [4.78, 5) is 24.1. The second kappa shape index (κ2) is 6.07. The van der Waals surface area contributed by atoms with E-state index in [1.165, 1.54) is 30.2 Å². The van der Waals surface area contributed by atoms with Crippen LogP contribution >= 0.6 is 0 Å². The van der Waals surface area contributed by atoms with Gasteiger partial charge in [-0.15, -0.1) is 0 Å². The van der Waals surface area contributed by atoms with Crippen LogP contribution in [0.1, 0.15) is 6.92 Å². The Morgan fingerprint density at radius 2 is 2.30 bits per heavy atom. The molecule has 8 heteroatoms. The molecule has 0 spiro atoms. The first-order valence-corrected chi connectivity index (χ1v) is 6.98. The van der Waals surface area contributed by atoms with E-state index in [2.05, 4.69) is 10.5 Å². The molecule has 1 aliphatic rings. The maximum Gasteiger partial charge on any atom is 0.414 e. The Morgan fingerprint density at radius 1 is 1.48 bits per heavy atom. The number of cyclic esters (lactones) is 1. The number of anilines is 1. The number of carbonyl (C=O) groups is 2. The highest BCUT2D eigenvalue weighted by Crippen LogP contribution is 2.28. The summed E-state index contributed by atoms with van der Waals surface area (Å²) in [5, 5.41) is 6.12. The molecule has 120 valence electrons. The zero-order valence-corrected chi connectivity index (χ0v) is 12.3. The van der Waals surface area contributed by atoms with Gasteiger partial charge in [0.1, 0.15) is 11.9 Å². The lowest BCUT2D eigenvalue weighted by Gasteiger charge is -2.14. The molecule has 1 aromatic carbocycles. The predicted molar refractivity (Wildman–Crippen MR) is 78.2 cm³/mol. The van der Waals surface area contributed by atoms with Gasteiger partial charge in [-0.2, -0.15) is 0 Å². The Balaban J connectivity index is 1.76. The molecule has 1 aromatic heterocycles. The zero-order valence-electron chi connectivity index (χ0n) is 12.3. The monoisotopic (exact) mass is 319 g/mol. The number of halogens is 1. The molecule has 2 heterocycles. The Kier molecular flexibility index (Phi) is 3.96. The fraction of sp³-hybridized carbons (Fsp3) is 0.267. The van der Waals surface area contributed by atoms with Gasteiger partial charge in [-0.25, -0.2) is 9.18 Å². The van der Waals surface area contributed by atoms with E-state index in [0.29, 0.717) is 11.4 Å². The molecule has 1 atom stereocenters. The maximum absolute atomic E-state index is 14.2. The van der Waals surface area contributed by atoms with E-state index in [4.69, 9.17) is 9.26 Å². The van der Waals surface area contributed by atoms with Gasteiger partial charge < -0.3 is 14.6 Å². The van der Waals surface area contributed by atoms with Crippen LogP contribution in [0.3, 0.4) is 0 Å². The lowest BCUT2D eigenvalue weighted by molar-refractivity contribution is -0.119. The van der Waals surface area contributed by atoms with Gasteiger partial charge in [-0.1, -0.05) is 5.16 Å². The molecule has 23 heavy (non-hydrogen) atoms. The summed E-state index contributed by atoms with van der Waals surface area (Å²) in [6, 6.07) is 5.90. The van der Waals surface area contributed by atoms with E-state index >= 15 is 0 Å². The third-order valence-corrected chi connectivity index (χ3v) is 3.42. The van der Waals surface area contributed by atoms with Gasteiger partial charge in [-0.05, 0) is 18.2 Å². The van der Waals surface area contributed by atoms with Crippen LogP contribution in [0.25, 0.3) is 11.3 Å². The second-order valence-corrected chi connectivity index (χ2v) is 5.09. The number of carbonyl (C=O) groups excluding carboxylic acids is 2. The standard InChI is InChI=1S/C15H14FN3O4/c1-9(20)17-7-11-8-19(15(21)22-11)10-2-3-12(13(16)6-10)14-4-5-18-23-14/h2-6,11H,7-8H2,1H3,(H,17,20)/t11-/m0/s1. The summed E-state index contributed by atoms with van der Waals surface area (Å²) in [6.45, 7) is 1.84. The van der Waals surface area contributed by atoms with Crippen LogP contribution in [0, 0.1) is 5.82 Å². The molecule has 0 radical (unpaired) electrons. The summed E-state index contributed by atoms with van der Waals surface area (Å²) in [7, 11) is 0. The van der Waals surface area contributed by atoms with E-state index in [1.54, 1.807) is 12.1 Å². The van der Waals surface area contributed by atoms with E-state index in [0.717, 1.165) is 0 Å². The highest BCUT2D eigenvalue weighted by atomic mass is 19.1. The minimum atomic E-state index is -0.577. The number of hydrogen-bond acceptors (Lipinski definition) is 5. The Labute approximate surface area is 131 Å². The lowest BCUT2D eigenvalue weighted by Crippen LogP contribution is -2.33. The van der Waals surface area contributed by atoms with Crippen LogP contribution in [-0.2, 0) is 9.53 Å². The molecule has 1 fully saturated rings. The number of benzene rings is 1. The van der Waals surface area contributed by atoms with Crippen LogP contribution in [0.15, 0.2) is 35.0 Å². The first-order valence-electron chi connectivity index (χ1n) is 6.98. The van der Waals surface area contributed by atoms with Gasteiger partial charge in [0.25, 0.3) is 0 Å². The Morgan fingerprint density at radius 3 is 2.96 bits per heavy atom. The molecule has 0 bridgehead atoms. The van der Waals surface area contributed by atoms with Crippen molar-refractivity contribution in [2.75, 3.05) is 18.0 Å². The average molecular weight is 319 g/mol. The van der Waals surface area contributed by atoms with Crippen molar-refractivity contribution in [2.24, 2.45) is 0 Å². The topological polar surface area (TPSA) is 84.7 Å². The normalized spacial score (nSPS) is 17.2. The third-order valence-electron chi connectivity index (χ3n) is 3.42. The SMILES string of the molecule is CC(=O)NC[C@H]1CN(c2ccc(-c3ccno3)c(F)c2)C(=O)O1. The maximum atomic E-state index is 14.2. The summed E-state index contributed by atoms with van der Waals surface area (Å²) in [5.74, 6) is -0.430. The predicted octanol–water partition coefficient (Wildman–Crippen LogP) is 1.94. The molecule has 0 aliphatic carbocycles. The molecule has 0 saturated carbocycles. The molecule has 1 aliphatic heterocycles. The van der Waals surface area contributed by atoms with E-state index < -0.39 is 18.0 Å². The number of aromatic nitrogens is 1. The molecule has 1 saturated heterocycles. The molecule has 0 unspecified atom stereocenters. The highest BCUT2D eigenvalue weighted by Gasteiger charge is 2.32. The van der Waals surface area contributed by atoms with E-state index in [9.17, 15) is 14.0 Å². The van der Waals surface area contributed by atoms with Crippen molar-refractivity contribution in [3.8, 4) is 11.3 Å². The van der Waals surface area contributed by atoms with Crippen LogP contribution in [-0.4, -0.2) is 36.4 Å². The van der Waals surface area contributed by atoms with Gasteiger partial charge in [-0.3, -0.25) is 9.69 Å². The number of nitrogens with zero attached hydrogens (tertiary/aromatic N) is 2. The molecular weight excluding hydrogens is 305 g/mol. The van der Waals surface area contributed by atoms with Crippen LogP contribution < -0.4 is 10.2 Å². The van der Waals surface area contributed by atoms with E-state index in [-0.39, 0.29) is 24.6 Å². The highest BCUT2D eigenvalue weighted by molar-refractivity contribution is 5.90. The van der Waals surface area contributed by atoms with Crippen molar-refractivity contribution >= 4 is 17.7 Å². The molecule has 3 rings (SSSR count). The Hall–Kier alpha value is -2.90. The number of nitrogens with one attached hydrogen (secondary N) is 1. The van der Waals surface area contributed by atoms with Gasteiger partial charge in [0.2, 0.25) is 5.91 Å². The van der Waals surface area contributed by atoms with Crippen LogP contribution in [0.4, 0.5) is 14.9 Å². The van der Waals surface area contributed by atoms with Crippen molar-refractivity contribution in [3.63, 3.8) is 0 Å². The van der Waals surface area contributed by atoms with E-state index in [1.807, 2.05) is 0 Å². The number of amides is 2. The van der Waals surface area contributed by atoms with Gasteiger partial charge >= 0.3 is 6.09 Å². The first-order chi connectivity index (χ1) is 11.0. The molecule has 2 aromatic rings. The van der Waals surface area contributed by atoms with Gasteiger partial charge in [0, 0.05) is 13.0 Å². The zero-order chi connectivity index (χ0) is 16.4. The fourth-order valence-corrected chi connectivity index (χ4v) is 2.32. The number of ether oxygens (including phenoxy) is 1. The van der Waals surface area contributed by atoms with Gasteiger partial charge in [0.05, 0.1) is 30.5 Å². The quantitative estimate of drug-likeness (QED) is 0.931. The smallest absolute Gasteiger partial charge is 0.414 e. The third kappa shape index (κ3) is 3.15. The van der Waals surface area contributed by atoms with Crippen molar-refractivity contribution in [3.05, 3.63) is 36.3 Å². The minimum Gasteiger partial charge on any atom is -0.442 e. The van der Waals surface area contributed by atoms with Crippen molar-refractivity contribution < 1.29 is 23.2 Å². The fourth-order valence-electron chi connectivity index (χ4n) is 2.32. The summed E-state index contributed by atoms with van der Waals surface area (Å²) >= 11 is 0. The lowest BCUT2D eigenvalue weighted by atomic mass is 10.1. The second-order valence-electron chi connectivity index (χ2n) is 5.09.